The van der Waals surface area contributed by atoms with Crippen LogP contribution in [0.3, 0.4) is 0 Å². The molecule has 1 N–H and O–H groups in total. The van der Waals surface area contributed by atoms with Crippen LogP contribution in [0, 0.1) is 23.5 Å². The first-order valence-electron chi connectivity index (χ1n) is 8.07. The number of hydrogen-bond acceptors (Lipinski definition) is 2. The Morgan fingerprint density at radius 2 is 1.80 bits per heavy atom. The van der Waals surface area contributed by atoms with Gasteiger partial charge in [0.25, 0.3) is 0 Å². The van der Waals surface area contributed by atoms with Gasteiger partial charge in [0, 0.05) is 17.2 Å². The molecule has 0 bridgehead atoms. The van der Waals surface area contributed by atoms with Gasteiger partial charge in [0.05, 0.1) is 6.54 Å². The zero-order valence-corrected chi connectivity index (χ0v) is 14.7. The summed E-state index contributed by atoms with van der Waals surface area (Å²) in [6.07, 6.45) is 0. The summed E-state index contributed by atoms with van der Waals surface area (Å²) in [4.78, 5) is 14.5. The van der Waals surface area contributed by atoms with Gasteiger partial charge in [0.2, 0.25) is 5.91 Å². The molecule has 1 fully saturated rings. The summed E-state index contributed by atoms with van der Waals surface area (Å²) in [5.41, 5.74) is 1.01. The van der Waals surface area contributed by atoms with E-state index < -0.39 is 0 Å². The molecule has 0 radical (unpaired) electrons. The van der Waals surface area contributed by atoms with Crippen molar-refractivity contribution >= 4 is 24.0 Å². The minimum atomic E-state index is -0.367. The van der Waals surface area contributed by atoms with E-state index >= 15 is 0 Å². The fraction of sp³-hybridized carbons (Fsp3) is 0.316. The van der Waals surface area contributed by atoms with E-state index in [1.54, 1.807) is 35.2 Å². The summed E-state index contributed by atoms with van der Waals surface area (Å²) in [5.74, 6) is -0.691. The number of rotatable bonds is 5. The first-order valence-corrected chi connectivity index (χ1v) is 8.07. The predicted molar refractivity (Wildman–Crippen MR) is 96.8 cm³/mol. The van der Waals surface area contributed by atoms with Crippen molar-refractivity contribution in [2.45, 2.75) is 13.5 Å². The second-order valence-electron chi connectivity index (χ2n) is 6.20. The van der Waals surface area contributed by atoms with Crippen molar-refractivity contribution in [3.05, 3.63) is 65.7 Å². The van der Waals surface area contributed by atoms with Gasteiger partial charge < -0.3 is 10.2 Å². The first-order chi connectivity index (χ1) is 11.6. The number of anilines is 1. The van der Waals surface area contributed by atoms with Gasteiger partial charge in [-0.2, -0.15) is 0 Å². The van der Waals surface area contributed by atoms with E-state index in [9.17, 15) is 13.6 Å². The van der Waals surface area contributed by atoms with E-state index in [2.05, 4.69) is 5.32 Å². The zero-order chi connectivity index (χ0) is 17.1. The lowest BCUT2D eigenvalue weighted by molar-refractivity contribution is -0.124. The van der Waals surface area contributed by atoms with Gasteiger partial charge in [0.1, 0.15) is 11.6 Å². The molecule has 134 valence electrons. The van der Waals surface area contributed by atoms with Crippen LogP contribution in [0.5, 0.6) is 0 Å². The molecule has 3 nitrogen and oxygen atoms in total. The average molecular weight is 367 g/mol. The molecule has 0 aliphatic carbocycles. The molecule has 1 unspecified atom stereocenters. The molecule has 25 heavy (non-hydrogen) atoms. The molecule has 0 spiro atoms. The lowest BCUT2D eigenvalue weighted by atomic mass is 9.87. The quantitative estimate of drug-likeness (QED) is 0.873. The van der Waals surface area contributed by atoms with Crippen LogP contribution in [0.2, 0.25) is 0 Å². The lowest BCUT2D eigenvalue weighted by Crippen LogP contribution is -2.50. The Labute approximate surface area is 152 Å². The molecule has 0 saturated carbocycles. The molecule has 2 aromatic carbocycles. The van der Waals surface area contributed by atoms with E-state index in [1.165, 1.54) is 18.2 Å². The molecule has 0 aromatic heterocycles. The van der Waals surface area contributed by atoms with Crippen molar-refractivity contribution < 1.29 is 13.6 Å². The number of nitrogens with zero attached hydrogens (tertiary/aromatic N) is 1. The number of halogens is 3. The highest BCUT2D eigenvalue weighted by atomic mass is 35.5. The first kappa shape index (κ1) is 19.3. The Balaban J connectivity index is 0.00000225. The standard InChI is InChI=1S/C19H20F2N2O.ClH/c1-13(15-10-22-11-15)19(24)23(17-8-6-16(20)7-9-17)12-14-4-2-3-5-18(14)21;/h2-9,13,15,22H,10-12H2,1H3;1H. The summed E-state index contributed by atoms with van der Waals surface area (Å²) in [6, 6.07) is 12.1. The number of hydrogen-bond donors (Lipinski definition) is 1. The molecule has 3 rings (SSSR count). The van der Waals surface area contributed by atoms with Gasteiger partial charge in [0.15, 0.2) is 0 Å². The second kappa shape index (κ2) is 8.41. The lowest BCUT2D eigenvalue weighted by Gasteiger charge is -2.35. The van der Waals surface area contributed by atoms with Crippen LogP contribution in [-0.4, -0.2) is 19.0 Å². The molecule has 6 heteroatoms. The van der Waals surface area contributed by atoms with Gasteiger partial charge >= 0.3 is 0 Å². The van der Waals surface area contributed by atoms with Crippen molar-refractivity contribution in [3.63, 3.8) is 0 Å². The fourth-order valence-corrected chi connectivity index (χ4v) is 2.83. The Morgan fingerprint density at radius 1 is 1.16 bits per heavy atom. The van der Waals surface area contributed by atoms with Crippen molar-refractivity contribution in [1.82, 2.24) is 5.32 Å². The minimum Gasteiger partial charge on any atom is -0.316 e. The third-order valence-corrected chi connectivity index (χ3v) is 4.60. The summed E-state index contributed by atoms with van der Waals surface area (Å²) in [5, 5.41) is 3.16. The highest BCUT2D eigenvalue weighted by molar-refractivity contribution is 5.95. The maximum Gasteiger partial charge on any atom is 0.230 e. The van der Waals surface area contributed by atoms with Crippen LogP contribution < -0.4 is 10.2 Å². The predicted octanol–water partition coefficient (Wildman–Crippen LogP) is 3.78. The summed E-state index contributed by atoms with van der Waals surface area (Å²) in [6.45, 7) is 3.64. The van der Waals surface area contributed by atoms with Crippen LogP contribution in [0.4, 0.5) is 14.5 Å². The van der Waals surface area contributed by atoms with Crippen molar-refractivity contribution in [2.75, 3.05) is 18.0 Å². The highest BCUT2D eigenvalue weighted by Crippen LogP contribution is 2.25. The SMILES string of the molecule is CC(C(=O)N(Cc1ccccc1F)c1ccc(F)cc1)C1CNC1.Cl. The number of amides is 1. The smallest absolute Gasteiger partial charge is 0.230 e. The normalized spacial score (nSPS) is 15.0. The maximum atomic E-state index is 14.0. The monoisotopic (exact) mass is 366 g/mol. The van der Waals surface area contributed by atoms with Gasteiger partial charge in [-0.05, 0) is 49.3 Å². The summed E-state index contributed by atoms with van der Waals surface area (Å²) in [7, 11) is 0. The van der Waals surface area contributed by atoms with Crippen LogP contribution in [0.1, 0.15) is 12.5 Å². The number of carbonyl (C=O) groups excluding carboxylic acids is 1. The molecular formula is C19H21ClF2N2O. The molecule has 2 aromatic rings. The molecule has 1 aliphatic rings. The van der Waals surface area contributed by atoms with Crippen LogP contribution >= 0.6 is 12.4 Å². The number of nitrogens with one attached hydrogen (secondary N) is 1. The average Bonchev–Trinajstić information content (AvgIpc) is 2.53. The van der Waals surface area contributed by atoms with Crippen LogP contribution in [0.25, 0.3) is 0 Å². The number of benzene rings is 2. The van der Waals surface area contributed by atoms with E-state index in [4.69, 9.17) is 0 Å². The third kappa shape index (κ3) is 4.35. The third-order valence-electron chi connectivity index (χ3n) is 4.60. The van der Waals surface area contributed by atoms with E-state index in [1.807, 2.05) is 6.92 Å². The largest absolute Gasteiger partial charge is 0.316 e. The second-order valence-corrected chi connectivity index (χ2v) is 6.20. The molecule has 1 atom stereocenters. The van der Waals surface area contributed by atoms with E-state index in [-0.39, 0.29) is 48.3 Å². The molecule has 1 heterocycles. The summed E-state index contributed by atoms with van der Waals surface area (Å²) < 4.78 is 27.2. The van der Waals surface area contributed by atoms with Gasteiger partial charge in [-0.1, -0.05) is 25.1 Å². The van der Waals surface area contributed by atoms with Crippen LogP contribution in [0.15, 0.2) is 48.5 Å². The fourth-order valence-electron chi connectivity index (χ4n) is 2.83. The topological polar surface area (TPSA) is 32.3 Å². The zero-order valence-electron chi connectivity index (χ0n) is 13.9. The molecule has 1 saturated heterocycles. The molecule has 1 amide bonds. The Bertz CT molecular complexity index is 720. The summed E-state index contributed by atoms with van der Waals surface area (Å²) >= 11 is 0. The van der Waals surface area contributed by atoms with Crippen molar-refractivity contribution in [2.24, 2.45) is 11.8 Å². The minimum absolute atomic E-state index is 0. The Hall–Kier alpha value is -1.98. The van der Waals surface area contributed by atoms with Crippen molar-refractivity contribution in [1.29, 1.82) is 0 Å². The van der Waals surface area contributed by atoms with Crippen molar-refractivity contribution in [3.8, 4) is 0 Å². The Morgan fingerprint density at radius 3 is 2.36 bits per heavy atom. The Kier molecular flexibility index (Phi) is 6.51. The van der Waals surface area contributed by atoms with Gasteiger partial charge in [-0.3, -0.25) is 4.79 Å². The van der Waals surface area contributed by atoms with Gasteiger partial charge in [-0.15, -0.1) is 12.4 Å². The van der Waals surface area contributed by atoms with Gasteiger partial charge in [-0.25, -0.2) is 8.78 Å². The highest BCUT2D eigenvalue weighted by Gasteiger charge is 2.32. The van der Waals surface area contributed by atoms with E-state index in [0.717, 1.165) is 13.1 Å². The number of carbonyl (C=O) groups is 1. The van der Waals surface area contributed by atoms with Crippen LogP contribution in [-0.2, 0) is 11.3 Å². The molecular weight excluding hydrogens is 346 g/mol. The maximum absolute atomic E-state index is 14.0. The van der Waals surface area contributed by atoms with E-state index in [0.29, 0.717) is 11.3 Å². The molecule has 1 aliphatic heterocycles.